The maximum Gasteiger partial charge on any atom is 0.248 e. The van der Waals surface area contributed by atoms with E-state index in [0.717, 1.165) is 12.8 Å². The largest absolute Gasteiger partial charge is 0.372 e. The van der Waals surface area contributed by atoms with Gasteiger partial charge in [0.05, 0.1) is 0 Å². The lowest BCUT2D eigenvalue weighted by atomic mass is 10.3. The Kier molecular flexibility index (Phi) is 7.42. The van der Waals surface area contributed by atoms with Crippen molar-refractivity contribution in [3.63, 3.8) is 0 Å². The Morgan fingerprint density at radius 1 is 1.57 bits per heavy atom. The smallest absolute Gasteiger partial charge is 0.248 e. The predicted molar refractivity (Wildman–Crippen MR) is 57.0 cm³/mol. The summed E-state index contributed by atoms with van der Waals surface area (Å²) >= 11 is 0. The third-order valence-corrected chi connectivity index (χ3v) is 2.26. The van der Waals surface area contributed by atoms with Crippen LogP contribution in [0.15, 0.2) is 0 Å². The number of unbranched alkanes of at least 4 members (excludes halogenated alkanes) is 1. The van der Waals surface area contributed by atoms with Gasteiger partial charge >= 0.3 is 0 Å². The molecule has 1 amide bonds. The second kappa shape index (κ2) is 7.76. The Labute approximate surface area is 86.4 Å². The molecule has 0 aliphatic heterocycles. The van der Waals surface area contributed by atoms with Crippen molar-refractivity contribution in [3.05, 3.63) is 0 Å². The van der Waals surface area contributed by atoms with Crippen LogP contribution in [0.5, 0.6) is 0 Å². The Morgan fingerprint density at radius 3 is 2.71 bits per heavy atom. The highest BCUT2D eigenvalue weighted by molar-refractivity contribution is 5.77. The average Bonchev–Trinajstić information content (AvgIpc) is 2.21. The number of nitrogens with zero attached hydrogens (tertiary/aromatic N) is 1. The number of ether oxygens (including phenoxy) is 1. The van der Waals surface area contributed by atoms with Gasteiger partial charge in [0.2, 0.25) is 5.91 Å². The molecule has 84 valence electrons. The molecule has 14 heavy (non-hydrogen) atoms. The van der Waals surface area contributed by atoms with Crippen LogP contribution in [-0.4, -0.2) is 43.7 Å². The zero-order valence-corrected chi connectivity index (χ0v) is 9.45. The molecule has 0 aromatic carbocycles. The van der Waals surface area contributed by atoms with E-state index >= 15 is 0 Å². The van der Waals surface area contributed by atoms with E-state index in [0.29, 0.717) is 13.2 Å². The summed E-state index contributed by atoms with van der Waals surface area (Å²) in [4.78, 5) is 13.1. The molecule has 0 aliphatic carbocycles. The molecule has 0 bridgehead atoms. The first-order valence-electron chi connectivity index (χ1n) is 5.17. The minimum atomic E-state index is -0.000877. The topological polar surface area (TPSA) is 55.6 Å². The fourth-order valence-electron chi connectivity index (χ4n) is 0.912. The van der Waals surface area contributed by atoms with Gasteiger partial charge in [-0.2, -0.15) is 0 Å². The molecule has 1 unspecified atom stereocenters. The van der Waals surface area contributed by atoms with E-state index in [2.05, 4.69) is 6.92 Å². The van der Waals surface area contributed by atoms with Crippen LogP contribution in [-0.2, 0) is 9.53 Å². The van der Waals surface area contributed by atoms with Crippen molar-refractivity contribution >= 4 is 5.91 Å². The van der Waals surface area contributed by atoms with E-state index in [9.17, 15) is 4.79 Å². The van der Waals surface area contributed by atoms with E-state index < -0.39 is 0 Å². The molecule has 0 aliphatic rings. The van der Waals surface area contributed by atoms with Gasteiger partial charge in [0, 0.05) is 26.2 Å². The third-order valence-electron chi connectivity index (χ3n) is 2.26. The molecule has 2 N–H and O–H groups in total. The standard InChI is InChI=1S/C10H22N2O2/c1-4-5-6-14-8-10(13)12(3)9(2)7-11/h9H,4-8,11H2,1-3H3. The van der Waals surface area contributed by atoms with Crippen molar-refractivity contribution < 1.29 is 9.53 Å². The Hall–Kier alpha value is -0.610. The maximum absolute atomic E-state index is 11.5. The normalized spacial score (nSPS) is 12.6. The van der Waals surface area contributed by atoms with Gasteiger partial charge in [0.15, 0.2) is 0 Å². The molecule has 0 saturated carbocycles. The van der Waals surface area contributed by atoms with Crippen LogP contribution < -0.4 is 5.73 Å². The van der Waals surface area contributed by atoms with Gasteiger partial charge in [0.1, 0.15) is 6.61 Å². The lowest BCUT2D eigenvalue weighted by Gasteiger charge is -2.23. The number of carbonyl (C=O) groups is 1. The van der Waals surface area contributed by atoms with Crippen LogP contribution in [0.1, 0.15) is 26.7 Å². The SMILES string of the molecule is CCCCOCC(=O)N(C)C(C)CN. The highest BCUT2D eigenvalue weighted by Gasteiger charge is 2.13. The molecule has 1 atom stereocenters. The first-order valence-corrected chi connectivity index (χ1v) is 5.17. The van der Waals surface area contributed by atoms with E-state index in [-0.39, 0.29) is 18.6 Å². The van der Waals surface area contributed by atoms with E-state index in [1.54, 1.807) is 11.9 Å². The van der Waals surface area contributed by atoms with Crippen molar-refractivity contribution in [2.24, 2.45) is 5.73 Å². The van der Waals surface area contributed by atoms with Crippen LogP contribution in [0.25, 0.3) is 0 Å². The molecule has 0 spiro atoms. The summed E-state index contributed by atoms with van der Waals surface area (Å²) in [7, 11) is 1.75. The number of nitrogens with two attached hydrogens (primary N) is 1. The highest BCUT2D eigenvalue weighted by atomic mass is 16.5. The number of likely N-dealkylation sites (N-methyl/N-ethyl adjacent to an activating group) is 1. The van der Waals surface area contributed by atoms with Gasteiger partial charge in [-0.1, -0.05) is 13.3 Å². The molecular weight excluding hydrogens is 180 g/mol. The molecule has 0 radical (unpaired) electrons. The van der Waals surface area contributed by atoms with Gasteiger partial charge in [-0.05, 0) is 13.3 Å². The van der Waals surface area contributed by atoms with Crippen LogP contribution >= 0.6 is 0 Å². The minimum Gasteiger partial charge on any atom is -0.372 e. The van der Waals surface area contributed by atoms with Crippen molar-refractivity contribution in [3.8, 4) is 0 Å². The second-order valence-electron chi connectivity index (χ2n) is 3.50. The molecule has 4 heteroatoms. The average molecular weight is 202 g/mol. The maximum atomic E-state index is 11.5. The van der Waals surface area contributed by atoms with Crippen molar-refractivity contribution in [2.75, 3.05) is 26.8 Å². The summed E-state index contributed by atoms with van der Waals surface area (Å²) < 4.78 is 5.22. The summed E-state index contributed by atoms with van der Waals surface area (Å²) in [6.07, 6.45) is 2.09. The summed E-state index contributed by atoms with van der Waals surface area (Å²) in [5.41, 5.74) is 5.45. The van der Waals surface area contributed by atoms with Crippen LogP contribution in [0.2, 0.25) is 0 Å². The highest BCUT2D eigenvalue weighted by Crippen LogP contribution is 1.95. The van der Waals surface area contributed by atoms with Crippen LogP contribution in [0, 0.1) is 0 Å². The third kappa shape index (κ3) is 5.19. The van der Waals surface area contributed by atoms with Gasteiger partial charge < -0.3 is 15.4 Å². The summed E-state index contributed by atoms with van der Waals surface area (Å²) in [6, 6.07) is 0.0808. The molecule has 0 aromatic heterocycles. The Balaban J connectivity index is 3.62. The van der Waals surface area contributed by atoms with E-state index in [1.165, 1.54) is 0 Å². The molecule has 0 heterocycles. The summed E-state index contributed by atoms with van der Waals surface area (Å²) in [6.45, 7) is 5.32. The van der Waals surface area contributed by atoms with E-state index in [1.807, 2.05) is 6.92 Å². The zero-order chi connectivity index (χ0) is 11.0. The number of hydrogen-bond donors (Lipinski definition) is 1. The quantitative estimate of drug-likeness (QED) is 0.615. The van der Waals surface area contributed by atoms with Gasteiger partial charge in [-0.25, -0.2) is 0 Å². The Bertz CT molecular complexity index is 162. The van der Waals surface area contributed by atoms with Crippen molar-refractivity contribution in [2.45, 2.75) is 32.7 Å². The fourth-order valence-corrected chi connectivity index (χ4v) is 0.912. The monoisotopic (exact) mass is 202 g/mol. The zero-order valence-electron chi connectivity index (χ0n) is 9.45. The number of carbonyl (C=O) groups excluding carboxylic acids is 1. The van der Waals surface area contributed by atoms with Crippen molar-refractivity contribution in [1.29, 1.82) is 0 Å². The van der Waals surface area contributed by atoms with Crippen LogP contribution in [0.4, 0.5) is 0 Å². The fraction of sp³-hybridized carbons (Fsp3) is 0.900. The number of amides is 1. The van der Waals surface area contributed by atoms with Crippen molar-refractivity contribution in [1.82, 2.24) is 4.90 Å². The molecule has 0 saturated heterocycles. The Morgan fingerprint density at radius 2 is 2.21 bits per heavy atom. The predicted octanol–water partition coefficient (Wildman–Crippen LogP) is 0.609. The first-order chi connectivity index (χ1) is 6.63. The van der Waals surface area contributed by atoms with Gasteiger partial charge in [-0.15, -0.1) is 0 Å². The molecule has 4 nitrogen and oxygen atoms in total. The molecule has 0 rings (SSSR count). The van der Waals surface area contributed by atoms with Gasteiger partial charge in [0.25, 0.3) is 0 Å². The number of rotatable bonds is 7. The minimum absolute atomic E-state index is 0.000877. The number of hydrogen-bond acceptors (Lipinski definition) is 3. The molecule has 0 fully saturated rings. The summed E-state index contributed by atoms with van der Waals surface area (Å²) in [5.74, 6) is -0.000877. The lowest BCUT2D eigenvalue weighted by Crippen LogP contribution is -2.41. The van der Waals surface area contributed by atoms with E-state index in [4.69, 9.17) is 10.5 Å². The van der Waals surface area contributed by atoms with Crippen LogP contribution in [0.3, 0.4) is 0 Å². The second-order valence-corrected chi connectivity index (χ2v) is 3.50. The summed E-state index contributed by atoms with van der Waals surface area (Å²) in [5, 5.41) is 0. The van der Waals surface area contributed by atoms with Gasteiger partial charge in [-0.3, -0.25) is 4.79 Å². The first kappa shape index (κ1) is 13.4. The lowest BCUT2D eigenvalue weighted by molar-refractivity contribution is -0.136. The molecular formula is C10H22N2O2. The molecule has 0 aromatic rings.